The average Bonchev–Trinajstić information content (AvgIpc) is 2.34. The number of nitrogens with one attached hydrogen (secondary N) is 2. The Morgan fingerprint density at radius 2 is 1.80 bits per heavy atom. The molecular formula is C11H16Cl2N4O2S. The summed E-state index contributed by atoms with van der Waals surface area (Å²) in [5.74, 6) is 0.520. The van der Waals surface area contributed by atoms with Crippen molar-refractivity contribution in [1.29, 1.82) is 0 Å². The number of sulfonamides is 1. The molecule has 6 nitrogen and oxygen atoms in total. The van der Waals surface area contributed by atoms with E-state index in [0.29, 0.717) is 10.8 Å². The van der Waals surface area contributed by atoms with E-state index in [1.807, 2.05) is 0 Å². The van der Waals surface area contributed by atoms with Crippen LogP contribution in [0.2, 0.25) is 10.3 Å². The molecule has 1 aromatic rings. The first-order valence-corrected chi connectivity index (χ1v) is 8.90. The van der Waals surface area contributed by atoms with E-state index in [1.165, 1.54) is 12.5 Å². The van der Waals surface area contributed by atoms with Crippen molar-refractivity contribution < 1.29 is 8.42 Å². The molecule has 1 heterocycles. The fourth-order valence-electron chi connectivity index (χ4n) is 2.30. The molecule has 1 fully saturated rings. The van der Waals surface area contributed by atoms with Crippen molar-refractivity contribution in [1.82, 2.24) is 14.7 Å². The molecule has 0 radical (unpaired) electrons. The Hall–Kier alpha value is -0.630. The zero-order valence-corrected chi connectivity index (χ0v) is 13.3. The molecule has 0 unspecified atom stereocenters. The normalized spacial score (nSPS) is 23.6. The van der Waals surface area contributed by atoms with Gasteiger partial charge in [-0.3, -0.25) is 0 Å². The molecule has 112 valence electrons. The van der Waals surface area contributed by atoms with Gasteiger partial charge in [0.1, 0.15) is 10.8 Å². The van der Waals surface area contributed by atoms with Crippen molar-refractivity contribution in [3.63, 3.8) is 0 Å². The smallest absolute Gasteiger partial charge is 0.224 e. The van der Waals surface area contributed by atoms with E-state index in [-0.39, 0.29) is 17.4 Å². The standard InChI is InChI=1S/C11H16Cl2N4O2S/c1-20(18,19)17-8-4-2-7(3-5-8)15-10-9(12)6-14-11(13)16-10/h6-8,17H,2-5H2,1H3,(H,14,15,16)/t7-,8+. The van der Waals surface area contributed by atoms with Crippen LogP contribution in [-0.4, -0.2) is 36.7 Å². The zero-order chi connectivity index (χ0) is 14.8. The van der Waals surface area contributed by atoms with E-state index in [2.05, 4.69) is 20.0 Å². The molecule has 2 N–H and O–H groups in total. The van der Waals surface area contributed by atoms with Crippen molar-refractivity contribution in [3.05, 3.63) is 16.5 Å². The maximum atomic E-state index is 11.2. The van der Waals surface area contributed by atoms with Gasteiger partial charge in [-0.15, -0.1) is 0 Å². The van der Waals surface area contributed by atoms with Crippen LogP contribution >= 0.6 is 23.2 Å². The Balaban J connectivity index is 1.90. The van der Waals surface area contributed by atoms with E-state index in [1.54, 1.807) is 0 Å². The lowest BCUT2D eigenvalue weighted by atomic mass is 9.92. The van der Waals surface area contributed by atoms with Crippen LogP contribution in [0.5, 0.6) is 0 Å². The average molecular weight is 339 g/mol. The van der Waals surface area contributed by atoms with Gasteiger partial charge in [0.05, 0.1) is 12.5 Å². The third-order valence-electron chi connectivity index (χ3n) is 3.16. The topological polar surface area (TPSA) is 84.0 Å². The number of aromatic nitrogens is 2. The lowest BCUT2D eigenvalue weighted by Crippen LogP contribution is -2.39. The number of anilines is 1. The minimum Gasteiger partial charge on any atom is -0.366 e. The van der Waals surface area contributed by atoms with Crippen molar-refractivity contribution in [2.75, 3.05) is 11.6 Å². The van der Waals surface area contributed by atoms with Crippen LogP contribution in [0.25, 0.3) is 0 Å². The molecule has 1 saturated carbocycles. The summed E-state index contributed by atoms with van der Waals surface area (Å²) in [5.41, 5.74) is 0. The van der Waals surface area contributed by atoms with Crippen molar-refractivity contribution in [2.24, 2.45) is 0 Å². The van der Waals surface area contributed by atoms with Crippen LogP contribution in [0.3, 0.4) is 0 Å². The van der Waals surface area contributed by atoms with Crippen LogP contribution < -0.4 is 10.0 Å². The monoisotopic (exact) mass is 338 g/mol. The van der Waals surface area contributed by atoms with Gasteiger partial charge in [0, 0.05) is 12.1 Å². The Labute approximate surface area is 128 Å². The molecule has 1 aromatic heterocycles. The molecule has 0 aromatic carbocycles. The van der Waals surface area contributed by atoms with Crippen molar-refractivity contribution >= 4 is 39.0 Å². The van der Waals surface area contributed by atoms with Crippen LogP contribution in [0.4, 0.5) is 5.82 Å². The summed E-state index contributed by atoms with van der Waals surface area (Å²) in [6.07, 6.45) is 5.87. The Bertz CT molecular complexity index is 574. The molecule has 0 atom stereocenters. The minimum atomic E-state index is -3.14. The lowest BCUT2D eigenvalue weighted by molar-refractivity contribution is 0.387. The lowest BCUT2D eigenvalue weighted by Gasteiger charge is -2.29. The van der Waals surface area contributed by atoms with Gasteiger partial charge in [0.15, 0.2) is 0 Å². The summed E-state index contributed by atoms with van der Waals surface area (Å²) in [5, 5.41) is 3.79. The molecule has 0 saturated heterocycles. The Morgan fingerprint density at radius 1 is 1.20 bits per heavy atom. The zero-order valence-electron chi connectivity index (χ0n) is 10.9. The molecule has 0 aliphatic heterocycles. The summed E-state index contributed by atoms with van der Waals surface area (Å²) < 4.78 is 25.0. The minimum absolute atomic E-state index is 0.00695. The highest BCUT2D eigenvalue weighted by Crippen LogP contribution is 2.25. The summed E-state index contributed by atoms with van der Waals surface area (Å²) in [7, 11) is -3.14. The van der Waals surface area contributed by atoms with Crippen molar-refractivity contribution in [3.8, 4) is 0 Å². The van der Waals surface area contributed by atoms with Gasteiger partial charge in [0.2, 0.25) is 15.3 Å². The summed E-state index contributed by atoms with van der Waals surface area (Å²) in [4.78, 5) is 7.84. The quantitative estimate of drug-likeness (QED) is 0.821. The second-order valence-electron chi connectivity index (χ2n) is 4.92. The highest BCUT2D eigenvalue weighted by Gasteiger charge is 2.23. The summed E-state index contributed by atoms with van der Waals surface area (Å²) >= 11 is 11.7. The summed E-state index contributed by atoms with van der Waals surface area (Å²) in [6, 6.07) is 0.212. The number of halogens is 2. The Morgan fingerprint density at radius 3 is 2.40 bits per heavy atom. The molecule has 9 heteroatoms. The number of nitrogens with zero attached hydrogens (tertiary/aromatic N) is 2. The first-order chi connectivity index (χ1) is 9.33. The van der Waals surface area contributed by atoms with Crippen molar-refractivity contribution in [2.45, 2.75) is 37.8 Å². The SMILES string of the molecule is CS(=O)(=O)N[C@H]1CC[C@@H](Nc2nc(Cl)ncc2Cl)CC1. The van der Waals surface area contributed by atoms with Crippen LogP contribution in [-0.2, 0) is 10.0 Å². The van der Waals surface area contributed by atoms with Gasteiger partial charge in [0.25, 0.3) is 0 Å². The highest BCUT2D eigenvalue weighted by atomic mass is 35.5. The third kappa shape index (κ3) is 4.73. The number of hydrogen-bond donors (Lipinski definition) is 2. The van der Waals surface area contributed by atoms with E-state index in [0.717, 1.165) is 25.7 Å². The maximum absolute atomic E-state index is 11.2. The van der Waals surface area contributed by atoms with E-state index < -0.39 is 10.0 Å². The second kappa shape index (κ2) is 6.43. The number of hydrogen-bond acceptors (Lipinski definition) is 5. The largest absolute Gasteiger partial charge is 0.366 e. The number of rotatable bonds is 4. The molecule has 1 aliphatic carbocycles. The second-order valence-corrected chi connectivity index (χ2v) is 7.44. The molecule has 1 aliphatic rings. The fourth-order valence-corrected chi connectivity index (χ4v) is 3.42. The maximum Gasteiger partial charge on any atom is 0.224 e. The fraction of sp³-hybridized carbons (Fsp3) is 0.636. The third-order valence-corrected chi connectivity index (χ3v) is 4.38. The summed E-state index contributed by atoms with van der Waals surface area (Å²) in [6.45, 7) is 0. The van der Waals surface area contributed by atoms with Crippen LogP contribution in [0, 0.1) is 0 Å². The molecule has 20 heavy (non-hydrogen) atoms. The molecule has 0 bridgehead atoms. The molecule has 2 rings (SSSR count). The van der Waals surface area contributed by atoms with Gasteiger partial charge in [-0.05, 0) is 37.3 Å². The predicted molar refractivity (Wildman–Crippen MR) is 79.7 cm³/mol. The van der Waals surface area contributed by atoms with Gasteiger partial charge >= 0.3 is 0 Å². The van der Waals surface area contributed by atoms with E-state index >= 15 is 0 Å². The van der Waals surface area contributed by atoms with Crippen LogP contribution in [0.1, 0.15) is 25.7 Å². The molecule has 0 amide bonds. The van der Waals surface area contributed by atoms with Gasteiger partial charge in [-0.2, -0.15) is 4.98 Å². The first kappa shape index (κ1) is 15.8. The van der Waals surface area contributed by atoms with Crippen LogP contribution in [0.15, 0.2) is 6.20 Å². The van der Waals surface area contributed by atoms with Gasteiger partial charge in [-0.1, -0.05) is 11.6 Å². The Kier molecular flexibility index (Phi) is 5.06. The molecular weight excluding hydrogens is 323 g/mol. The van der Waals surface area contributed by atoms with E-state index in [9.17, 15) is 8.42 Å². The van der Waals surface area contributed by atoms with E-state index in [4.69, 9.17) is 23.2 Å². The molecule has 0 spiro atoms. The highest BCUT2D eigenvalue weighted by molar-refractivity contribution is 7.88. The van der Waals surface area contributed by atoms with Gasteiger partial charge < -0.3 is 5.32 Å². The predicted octanol–water partition coefficient (Wildman–Crippen LogP) is 2.06. The van der Waals surface area contributed by atoms with Gasteiger partial charge in [-0.25, -0.2) is 18.1 Å². The first-order valence-electron chi connectivity index (χ1n) is 6.25.